The van der Waals surface area contributed by atoms with E-state index in [1.165, 1.54) is 16.5 Å². The minimum Gasteiger partial charge on any atom is -0.351 e. The normalized spacial score (nSPS) is 13.5. The molecule has 2 heteroatoms. The van der Waals surface area contributed by atoms with Gasteiger partial charge in [-0.3, -0.25) is 0 Å². The van der Waals surface area contributed by atoms with E-state index in [1.54, 1.807) is 0 Å². The molecular weight excluding hydrogens is 160 g/mol. The van der Waals surface area contributed by atoms with Crippen molar-refractivity contribution in [1.29, 1.82) is 0 Å². The predicted octanol–water partition coefficient (Wildman–Crippen LogP) is 2.20. The number of nitrogens with two attached hydrogens (primary N) is 1. The molecule has 2 aromatic rings. The summed E-state index contributed by atoms with van der Waals surface area (Å²) in [6, 6.07) is 8.58. The molecule has 0 spiro atoms. The fourth-order valence-electron chi connectivity index (χ4n) is 1.56. The number of hydrogen-bond acceptors (Lipinski definition) is 1. The van der Waals surface area contributed by atoms with Crippen LogP contribution in [0.3, 0.4) is 0 Å². The number of hydrogen-bond donors (Lipinski definition) is 1. The summed E-state index contributed by atoms with van der Waals surface area (Å²) in [7, 11) is 2.05. The smallest absolute Gasteiger partial charge is 0.0481 e. The molecule has 1 unspecified atom stereocenters. The second-order valence-corrected chi connectivity index (χ2v) is 3.53. The minimum absolute atomic E-state index is 0.110. The first kappa shape index (κ1) is 8.32. The van der Waals surface area contributed by atoms with Crippen molar-refractivity contribution in [2.24, 2.45) is 12.8 Å². The zero-order chi connectivity index (χ0) is 9.42. The van der Waals surface area contributed by atoms with E-state index in [9.17, 15) is 0 Å². The number of nitrogens with zero attached hydrogens (tertiary/aromatic N) is 1. The van der Waals surface area contributed by atoms with Gasteiger partial charge in [-0.25, -0.2) is 0 Å². The van der Waals surface area contributed by atoms with Crippen LogP contribution in [0.5, 0.6) is 0 Å². The quantitative estimate of drug-likeness (QED) is 0.706. The largest absolute Gasteiger partial charge is 0.351 e. The molecule has 0 bridgehead atoms. The second kappa shape index (κ2) is 2.89. The second-order valence-electron chi connectivity index (χ2n) is 3.53. The molecule has 13 heavy (non-hydrogen) atoms. The molecular formula is C11H14N2. The fourth-order valence-corrected chi connectivity index (χ4v) is 1.56. The molecule has 2 N–H and O–H groups in total. The van der Waals surface area contributed by atoms with Crippen LogP contribution >= 0.6 is 0 Å². The summed E-state index contributed by atoms with van der Waals surface area (Å²) in [6.45, 7) is 2.00. The van der Waals surface area contributed by atoms with Gasteiger partial charge in [-0.05, 0) is 30.0 Å². The predicted molar refractivity (Wildman–Crippen MR) is 55.5 cm³/mol. The van der Waals surface area contributed by atoms with Crippen LogP contribution in [0, 0.1) is 0 Å². The highest BCUT2D eigenvalue weighted by Crippen LogP contribution is 2.19. The molecule has 1 heterocycles. The third-order valence-electron chi connectivity index (χ3n) is 2.44. The van der Waals surface area contributed by atoms with E-state index in [-0.39, 0.29) is 6.04 Å². The molecule has 0 aliphatic carbocycles. The van der Waals surface area contributed by atoms with E-state index in [4.69, 9.17) is 5.73 Å². The molecule has 0 saturated heterocycles. The summed E-state index contributed by atoms with van der Waals surface area (Å²) in [4.78, 5) is 0. The van der Waals surface area contributed by atoms with Crippen molar-refractivity contribution in [3.8, 4) is 0 Å². The van der Waals surface area contributed by atoms with E-state index < -0.39 is 0 Å². The van der Waals surface area contributed by atoms with Gasteiger partial charge in [0.25, 0.3) is 0 Å². The summed E-state index contributed by atoms with van der Waals surface area (Å²) >= 11 is 0. The Hall–Kier alpha value is -1.28. The molecule has 0 fully saturated rings. The number of aromatic nitrogens is 1. The van der Waals surface area contributed by atoms with Crippen LogP contribution in [0.1, 0.15) is 18.5 Å². The van der Waals surface area contributed by atoms with Crippen LogP contribution in [-0.4, -0.2) is 4.57 Å². The van der Waals surface area contributed by atoms with Gasteiger partial charge in [-0.15, -0.1) is 0 Å². The lowest BCUT2D eigenvalue weighted by Crippen LogP contribution is -2.04. The fraction of sp³-hybridized carbons (Fsp3) is 0.273. The van der Waals surface area contributed by atoms with E-state index in [2.05, 4.69) is 35.0 Å². The van der Waals surface area contributed by atoms with Crippen molar-refractivity contribution in [3.05, 3.63) is 36.0 Å². The van der Waals surface area contributed by atoms with E-state index in [0.717, 1.165) is 0 Å². The molecule has 68 valence electrons. The summed E-state index contributed by atoms with van der Waals surface area (Å²) in [5.41, 5.74) is 8.25. The van der Waals surface area contributed by atoms with Gasteiger partial charge in [0, 0.05) is 24.8 Å². The highest BCUT2D eigenvalue weighted by Gasteiger charge is 2.02. The topological polar surface area (TPSA) is 30.9 Å². The van der Waals surface area contributed by atoms with Crippen molar-refractivity contribution in [1.82, 2.24) is 4.57 Å². The van der Waals surface area contributed by atoms with E-state index in [1.807, 2.05) is 14.0 Å². The average Bonchev–Trinajstić information content (AvgIpc) is 2.47. The lowest BCUT2D eigenvalue weighted by molar-refractivity contribution is 0.818. The zero-order valence-electron chi connectivity index (χ0n) is 7.99. The summed E-state index contributed by atoms with van der Waals surface area (Å²) in [6.07, 6.45) is 2.07. The molecule has 1 aromatic carbocycles. The average molecular weight is 174 g/mol. The van der Waals surface area contributed by atoms with Gasteiger partial charge in [-0.2, -0.15) is 0 Å². The molecule has 1 aromatic heterocycles. The van der Waals surface area contributed by atoms with Crippen LogP contribution in [0.25, 0.3) is 10.9 Å². The Balaban J connectivity index is 2.66. The molecule has 2 nitrogen and oxygen atoms in total. The van der Waals surface area contributed by atoms with Gasteiger partial charge in [0.05, 0.1) is 0 Å². The van der Waals surface area contributed by atoms with Gasteiger partial charge >= 0.3 is 0 Å². The van der Waals surface area contributed by atoms with Crippen LogP contribution in [0.4, 0.5) is 0 Å². The Morgan fingerprint density at radius 3 is 2.77 bits per heavy atom. The van der Waals surface area contributed by atoms with Gasteiger partial charge < -0.3 is 10.3 Å². The third kappa shape index (κ3) is 1.33. The molecule has 2 rings (SSSR count). The standard InChI is InChI=1S/C11H14N2/c1-8(12)10-4-3-9-5-6-13(2)11(9)7-10/h3-8H,12H2,1-2H3. The van der Waals surface area contributed by atoms with Crippen molar-refractivity contribution < 1.29 is 0 Å². The first-order chi connectivity index (χ1) is 6.18. The number of benzene rings is 1. The number of fused-ring (bicyclic) bond motifs is 1. The van der Waals surface area contributed by atoms with E-state index in [0.29, 0.717) is 0 Å². The molecule has 0 amide bonds. The number of rotatable bonds is 1. The van der Waals surface area contributed by atoms with Crippen molar-refractivity contribution in [2.45, 2.75) is 13.0 Å². The monoisotopic (exact) mass is 174 g/mol. The number of aryl methyl sites for hydroxylation is 1. The molecule has 1 atom stereocenters. The SMILES string of the molecule is CC(N)c1ccc2ccn(C)c2c1. The molecule has 0 saturated carbocycles. The first-order valence-corrected chi connectivity index (χ1v) is 4.49. The van der Waals surface area contributed by atoms with Crippen LogP contribution in [-0.2, 0) is 7.05 Å². The summed E-state index contributed by atoms with van der Waals surface area (Å²) in [5.74, 6) is 0. The van der Waals surface area contributed by atoms with Crippen LogP contribution in [0.15, 0.2) is 30.5 Å². The van der Waals surface area contributed by atoms with Crippen LogP contribution < -0.4 is 5.73 Å². The maximum absolute atomic E-state index is 5.81. The molecule has 0 aliphatic heterocycles. The maximum Gasteiger partial charge on any atom is 0.0481 e. The summed E-state index contributed by atoms with van der Waals surface area (Å²) in [5, 5.41) is 1.27. The third-order valence-corrected chi connectivity index (χ3v) is 2.44. The maximum atomic E-state index is 5.81. The zero-order valence-corrected chi connectivity index (χ0v) is 7.99. The van der Waals surface area contributed by atoms with Gasteiger partial charge in [0.2, 0.25) is 0 Å². The molecule has 0 aliphatic rings. The van der Waals surface area contributed by atoms with E-state index >= 15 is 0 Å². The van der Waals surface area contributed by atoms with Gasteiger partial charge in [0.15, 0.2) is 0 Å². The summed E-state index contributed by atoms with van der Waals surface area (Å²) < 4.78 is 2.11. The van der Waals surface area contributed by atoms with Crippen LogP contribution in [0.2, 0.25) is 0 Å². The van der Waals surface area contributed by atoms with Crippen molar-refractivity contribution in [3.63, 3.8) is 0 Å². The van der Waals surface area contributed by atoms with Crippen molar-refractivity contribution in [2.75, 3.05) is 0 Å². The highest BCUT2D eigenvalue weighted by atomic mass is 14.9. The van der Waals surface area contributed by atoms with Gasteiger partial charge in [-0.1, -0.05) is 12.1 Å². The Bertz CT molecular complexity index is 427. The lowest BCUT2D eigenvalue weighted by Gasteiger charge is -2.05. The highest BCUT2D eigenvalue weighted by molar-refractivity contribution is 5.80. The Morgan fingerprint density at radius 1 is 1.31 bits per heavy atom. The van der Waals surface area contributed by atoms with Crippen molar-refractivity contribution >= 4 is 10.9 Å². The van der Waals surface area contributed by atoms with Gasteiger partial charge in [0.1, 0.15) is 0 Å². The lowest BCUT2D eigenvalue weighted by atomic mass is 10.1. The molecule has 0 radical (unpaired) electrons. The first-order valence-electron chi connectivity index (χ1n) is 4.49. The Kier molecular flexibility index (Phi) is 1.85. The Labute approximate surface area is 78.0 Å². The Morgan fingerprint density at radius 2 is 2.08 bits per heavy atom. The minimum atomic E-state index is 0.110.